The molecule has 7 nitrogen and oxygen atoms in total. The first-order chi connectivity index (χ1) is 12.3. The fourth-order valence-electron chi connectivity index (χ4n) is 2.81. The summed E-state index contributed by atoms with van der Waals surface area (Å²) in [6.07, 6.45) is 1.12. The van der Waals surface area contributed by atoms with Crippen molar-refractivity contribution in [3.8, 4) is 0 Å². The Morgan fingerprint density at radius 3 is 2.35 bits per heavy atom. The van der Waals surface area contributed by atoms with E-state index in [1.54, 1.807) is 6.92 Å². The van der Waals surface area contributed by atoms with Crippen LogP contribution in [0.15, 0.2) is 30.3 Å². The Balaban J connectivity index is 1.70. The smallest absolute Gasteiger partial charge is 0.266 e. The van der Waals surface area contributed by atoms with Crippen molar-refractivity contribution in [1.82, 2.24) is 9.88 Å². The second kappa shape index (κ2) is 7.24. The molecule has 9 heteroatoms. The highest BCUT2D eigenvalue weighted by Crippen LogP contribution is 2.28. The molecule has 1 saturated heterocycles. The van der Waals surface area contributed by atoms with Gasteiger partial charge in [-0.1, -0.05) is 29.5 Å². The van der Waals surface area contributed by atoms with Crippen molar-refractivity contribution in [3.63, 3.8) is 0 Å². The maximum absolute atomic E-state index is 12.9. The molecule has 0 saturated carbocycles. The number of piperazine rings is 1. The normalized spacial score (nSPS) is 15.2. The van der Waals surface area contributed by atoms with Gasteiger partial charge in [0.25, 0.3) is 5.91 Å². The average molecular weight is 395 g/mol. The van der Waals surface area contributed by atoms with Crippen LogP contribution in [0.25, 0.3) is 0 Å². The zero-order valence-corrected chi connectivity index (χ0v) is 16.7. The minimum atomic E-state index is -3.40. The Hall–Kier alpha value is -2.13. The van der Waals surface area contributed by atoms with Gasteiger partial charge in [-0.05, 0) is 19.1 Å². The molecule has 1 aliphatic heterocycles. The predicted octanol–water partition coefficient (Wildman–Crippen LogP) is 1.81. The zero-order valence-electron chi connectivity index (χ0n) is 15.0. The quantitative estimate of drug-likeness (QED) is 0.791. The highest BCUT2D eigenvalue weighted by atomic mass is 32.2. The third-order valence-corrected chi connectivity index (χ3v) is 6.94. The molecule has 0 spiro atoms. The van der Waals surface area contributed by atoms with Crippen LogP contribution in [-0.4, -0.2) is 63.7 Å². The zero-order chi connectivity index (χ0) is 18.9. The van der Waals surface area contributed by atoms with Crippen molar-refractivity contribution in [2.24, 2.45) is 0 Å². The van der Waals surface area contributed by atoms with Gasteiger partial charge in [0.1, 0.15) is 4.88 Å². The van der Waals surface area contributed by atoms with Gasteiger partial charge in [0.15, 0.2) is 5.13 Å². The van der Waals surface area contributed by atoms with Gasteiger partial charge in [-0.3, -0.25) is 4.79 Å². The lowest BCUT2D eigenvalue weighted by atomic mass is 10.2. The number of aryl methyl sites for hydroxylation is 1. The van der Waals surface area contributed by atoms with Gasteiger partial charge >= 0.3 is 0 Å². The van der Waals surface area contributed by atoms with Gasteiger partial charge in [0.05, 0.1) is 11.9 Å². The van der Waals surface area contributed by atoms with E-state index < -0.39 is 10.0 Å². The molecule has 0 N–H and O–H groups in total. The number of hydrogen-bond donors (Lipinski definition) is 0. The van der Waals surface area contributed by atoms with Crippen LogP contribution in [0.1, 0.15) is 15.4 Å². The Morgan fingerprint density at radius 2 is 1.77 bits per heavy atom. The van der Waals surface area contributed by atoms with E-state index in [0.29, 0.717) is 28.8 Å². The molecule has 0 bridgehead atoms. The first-order valence-electron chi connectivity index (χ1n) is 8.28. The predicted molar refractivity (Wildman–Crippen MR) is 105 cm³/mol. The van der Waals surface area contributed by atoms with Gasteiger partial charge in [0.2, 0.25) is 10.0 Å². The summed E-state index contributed by atoms with van der Waals surface area (Å²) in [5.41, 5.74) is 1.72. The fraction of sp³-hybridized carbons (Fsp3) is 0.412. The molecule has 1 aromatic heterocycles. The van der Waals surface area contributed by atoms with E-state index in [9.17, 15) is 13.2 Å². The molecule has 26 heavy (non-hydrogen) atoms. The molecular weight excluding hydrogens is 372 g/mol. The van der Waals surface area contributed by atoms with E-state index in [1.807, 2.05) is 23.1 Å². The first-order valence-corrected chi connectivity index (χ1v) is 10.9. The van der Waals surface area contributed by atoms with Gasteiger partial charge < -0.3 is 9.80 Å². The summed E-state index contributed by atoms with van der Waals surface area (Å²) in [5.74, 6) is -0.0825. The number of hydrogen-bond acceptors (Lipinski definition) is 6. The fourth-order valence-corrected chi connectivity index (χ4v) is 4.55. The molecule has 2 heterocycles. The number of carbonyl (C=O) groups is 1. The molecule has 0 unspecified atom stereocenters. The van der Waals surface area contributed by atoms with Crippen LogP contribution in [0.4, 0.5) is 10.8 Å². The number of anilines is 2. The lowest BCUT2D eigenvalue weighted by molar-refractivity contribution is 0.0750. The number of thiazole rings is 1. The second-order valence-corrected chi connectivity index (χ2v) is 9.25. The van der Waals surface area contributed by atoms with Crippen LogP contribution < -0.4 is 9.21 Å². The second-order valence-electron chi connectivity index (χ2n) is 6.26. The van der Waals surface area contributed by atoms with Gasteiger partial charge in [-0.25, -0.2) is 17.7 Å². The minimum Gasteiger partial charge on any atom is -0.368 e. The standard InChI is InChI=1S/C17H22N4O3S2/c1-13-15(25-17(18-13)19(2)26(3,23)24)16(22)21-11-9-20(10-12-21)14-7-5-4-6-8-14/h4-8H,9-12H2,1-3H3. The monoisotopic (exact) mass is 394 g/mol. The summed E-state index contributed by atoms with van der Waals surface area (Å²) < 4.78 is 24.5. The van der Waals surface area contributed by atoms with E-state index in [1.165, 1.54) is 7.05 Å². The highest BCUT2D eigenvalue weighted by molar-refractivity contribution is 7.92. The molecule has 0 aliphatic carbocycles. The van der Waals surface area contributed by atoms with Crippen LogP contribution >= 0.6 is 11.3 Å². The van der Waals surface area contributed by atoms with Crippen LogP contribution in [0.3, 0.4) is 0 Å². The Bertz CT molecular complexity index is 888. The molecule has 3 rings (SSSR count). The van der Waals surface area contributed by atoms with Crippen molar-refractivity contribution >= 4 is 38.1 Å². The van der Waals surface area contributed by atoms with E-state index in [-0.39, 0.29) is 5.91 Å². The highest BCUT2D eigenvalue weighted by Gasteiger charge is 2.27. The number of aromatic nitrogens is 1. The molecular formula is C17H22N4O3S2. The third-order valence-electron chi connectivity index (χ3n) is 4.43. The maximum atomic E-state index is 12.9. The van der Waals surface area contributed by atoms with Crippen molar-refractivity contribution in [2.45, 2.75) is 6.92 Å². The summed E-state index contributed by atoms with van der Waals surface area (Å²) >= 11 is 1.12. The summed E-state index contributed by atoms with van der Waals surface area (Å²) in [4.78, 5) is 21.7. The molecule has 1 fully saturated rings. The molecule has 1 aliphatic rings. The first kappa shape index (κ1) is 18.7. The number of benzene rings is 1. The van der Waals surface area contributed by atoms with E-state index in [4.69, 9.17) is 0 Å². The molecule has 1 amide bonds. The maximum Gasteiger partial charge on any atom is 0.266 e. The summed E-state index contributed by atoms with van der Waals surface area (Å²) in [6, 6.07) is 10.1. The van der Waals surface area contributed by atoms with Crippen LogP contribution in [0.2, 0.25) is 0 Å². The average Bonchev–Trinajstić information content (AvgIpc) is 3.02. The molecule has 0 radical (unpaired) electrons. The van der Waals surface area contributed by atoms with E-state index >= 15 is 0 Å². The third kappa shape index (κ3) is 3.83. The van der Waals surface area contributed by atoms with Crippen molar-refractivity contribution < 1.29 is 13.2 Å². The van der Waals surface area contributed by atoms with Crippen LogP contribution in [-0.2, 0) is 10.0 Å². The lowest BCUT2D eigenvalue weighted by Gasteiger charge is -2.36. The van der Waals surface area contributed by atoms with Crippen molar-refractivity contribution in [1.29, 1.82) is 0 Å². The van der Waals surface area contributed by atoms with Gasteiger partial charge in [0, 0.05) is 38.9 Å². The Kier molecular flexibility index (Phi) is 5.19. The molecule has 1 aromatic carbocycles. The SMILES string of the molecule is Cc1nc(N(C)S(C)(=O)=O)sc1C(=O)N1CCN(c2ccccc2)CC1. The van der Waals surface area contributed by atoms with Crippen LogP contribution in [0, 0.1) is 6.92 Å². The van der Waals surface area contributed by atoms with Crippen LogP contribution in [0.5, 0.6) is 0 Å². The van der Waals surface area contributed by atoms with E-state index in [0.717, 1.165) is 40.7 Å². The number of para-hydroxylation sites is 1. The molecule has 0 atom stereocenters. The lowest BCUT2D eigenvalue weighted by Crippen LogP contribution is -2.48. The van der Waals surface area contributed by atoms with Crippen molar-refractivity contribution in [3.05, 3.63) is 40.9 Å². The number of carbonyl (C=O) groups excluding carboxylic acids is 1. The number of rotatable bonds is 4. The van der Waals surface area contributed by atoms with Crippen molar-refractivity contribution in [2.75, 3.05) is 48.7 Å². The van der Waals surface area contributed by atoms with Gasteiger partial charge in [-0.15, -0.1) is 0 Å². The number of nitrogens with zero attached hydrogens (tertiary/aromatic N) is 4. The minimum absolute atomic E-state index is 0.0825. The number of amides is 1. The largest absolute Gasteiger partial charge is 0.368 e. The summed E-state index contributed by atoms with van der Waals surface area (Å²) in [7, 11) is -1.95. The summed E-state index contributed by atoms with van der Waals surface area (Å²) in [6.45, 7) is 4.53. The number of sulfonamides is 1. The Labute approximate surface area is 157 Å². The molecule has 2 aromatic rings. The Morgan fingerprint density at radius 1 is 1.15 bits per heavy atom. The van der Waals surface area contributed by atoms with E-state index in [2.05, 4.69) is 22.0 Å². The molecule has 140 valence electrons. The van der Waals surface area contributed by atoms with Gasteiger partial charge in [-0.2, -0.15) is 0 Å². The summed E-state index contributed by atoms with van der Waals surface area (Å²) in [5, 5.41) is 0.316. The topological polar surface area (TPSA) is 73.8 Å².